The van der Waals surface area contributed by atoms with Crippen LogP contribution in [0.1, 0.15) is 17.7 Å². The second-order valence-corrected chi connectivity index (χ2v) is 7.27. The number of ether oxygens (including phenoxy) is 2. The predicted molar refractivity (Wildman–Crippen MR) is 104 cm³/mol. The van der Waals surface area contributed by atoms with E-state index in [1.54, 1.807) is 36.8 Å². The lowest BCUT2D eigenvalue weighted by molar-refractivity contribution is -0.146. The molecule has 0 aliphatic carbocycles. The molecule has 0 unspecified atom stereocenters. The van der Waals surface area contributed by atoms with Gasteiger partial charge in [-0.15, -0.1) is 11.8 Å². The first kappa shape index (κ1) is 19.2. The van der Waals surface area contributed by atoms with Crippen molar-refractivity contribution in [3.05, 3.63) is 58.4 Å². The molecule has 2 aliphatic rings. The molecule has 2 aliphatic heterocycles. The molecule has 2 aromatic rings. The highest BCUT2D eigenvalue weighted by Gasteiger charge is 2.51. The number of rotatable bonds is 7. The Morgan fingerprint density at radius 3 is 2.79 bits per heavy atom. The fourth-order valence-electron chi connectivity index (χ4n) is 3.18. The zero-order valence-corrected chi connectivity index (χ0v) is 16.3. The number of aliphatic hydroxyl groups excluding tert-OH is 1. The smallest absolute Gasteiger partial charge is 0.355 e. The molecule has 0 spiro atoms. The van der Waals surface area contributed by atoms with E-state index < -0.39 is 5.97 Å². The molecular weight excluding hydrogens is 396 g/mol. The van der Waals surface area contributed by atoms with Crippen LogP contribution in [0.25, 0.3) is 5.57 Å². The number of H-pyrrole nitrogens is 1. The van der Waals surface area contributed by atoms with Gasteiger partial charge in [-0.1, -0.05) is 12.1 Å². The van der Waals surface area contributed by atoms with Crippen molar-refractivity contribution in [3.63, 3.8) is 0 Å². The Kier molecular flexibility index (Phi) is 5.36. The van der Waals surface area contributed by atoms with E-state index in [1.807, 2.05) is 0 Å². The molecular formula is C19H18N4O5S. The molecule has 1 amide bonds. The van der Waals surface area contributed by atoms with Gasteiger partial charge in [0.05, 0.1) is 18.9 Å². The van der Waals surface area contributed by atoms with Crippen LogP contribution in [0.5, 0.6) is 5.75 Å². The summed E-state index contributed by atoms with van der Waals surface area (Å²) in [5.74, 6) is -0.137. The van der Waals surface area contributed by atoms with Crippen LogP contribution < -0.4 is 4.74 Å². The third-order valence-electron chi connectivity index (χ3n) is 4.65. The molecule has 2 N–H and O–H groups in total. The summed E-state index contributed by atoms with van der Waals surface area (Å²) < 4.78 is 10.5. The number of β-lactam (4-membered cyclic amide) rings is 1. The Labute approximate surface area is 170 Å². The van der Waals surface area contributed by atoms with E-state index in [0.29, 0.717) is 22.6 Å². The number of benzene rings is 1. The summed E-state index contributed by atoms with van der Waals surface area (Å²) in [5.41, 5.74) is 2.69. The van der Waals surface area contributed by atoms with Gasteiger partial charge in [0.15, 0.2) is 0 Å². The molecule has 3 heterocycles. The number of aliphatic hydroxyl groups is 1. The van der Waals surface area contributed by atoms with Gasteiger partial charge in [0, 0.05) is 12.0 Å². The lowest BCUT2D eigenvalue weighted by Crippen LogP contribution is -2.52. The van der Waals surface area contributed by atoms with E-state index in [-0.39, 0.29) is 36.6 Å². The summed E-state index contributed by atoms with van der Waals surface area (Å²) in [5, 5.41) is 21.0. The summed E-state index contributed by atoms with van der Waals surface area (Å²) in [6, 6.07) is 7.18. The first-order chi connectivity index (χ1) is 14.1. The van der Waals surface area contributed by atoms with E-state index in [4.69, 9.17) is 9.47 Å². The first-order valence-corrected chi connectivity index (χ1v) is 9.77. The van der Waals surface area contributed by atoms with Gasteiger partial charge < -0.3 is 14.6 Å². The maximum Gasteiger partial charge on any atom is 0.355 e. The summed E-state index contributed by atoms with van der Waals surface area (Å²) in [4.78, 5) is 26.7. The van der Waals surface area contributed by atoms with Crippen LogP contribution in [-0.2, 0) is 20.9 Å². The second kappa shape index (κ2) is 8.10. The van der Waals surface area contributed by atoms with Crippen molar-refractivity contribution < 1.29 is 24.2 Å². The molecule has 0 saturated carbocycles. The van der Waals surface area contributed by atoms with E-state index >= 15 is 0 Å². The van der Waals surface area contributed by atoms with Crippen LogP contribution in [0.15, 0.2) is 47.1 Å². The Hall–Kier alpha value is -3.11. The number of thioether (sulfide) groups is 1. The number of hydrogen-bond acceptors (Lipinski definition) is 8. The molecule has 1 fully saturated rings. The number of methoxy groups -OCH3 is 1. The van der Waals surface area contributed by atoms with Crippen molar-refractivity contribution in [1.29, 1.82) is 0 Å². The number of hydrogen-bond donors (Lipinski definition) is 2. The number of carbonyl (C=O) groups is 2. The van der Waals surface area contributed by atoms with Gasteiger partial charge in [0.1, 0.15) is 29.1 Å². The van der Waals surface area contributed by atoms with Crippen LogP contribution in [-0.4, -0.2) is 56.4 Å². The number of aromatic nitrogens is 3. The summed E-state index contributed by atoms with van der Waals surface area (Å²) in [6.45, 7) is -0.0323. The predicted octanol–water partition coefficient (Wildman–Crippen LogP) is 1.45. The quantitative estimate of drug-likeness (QED) is 0.397. The Morgan fingerprint density at radius 2 is 2.14 bits per heavy atom. The monoisotopic (exact) mass is 414 g/mol. The highest BCUT2D eigenvalue weighted by molar-refractivity contribution is 8.03. The van der Waals surface area contributed by atoms with Gasteiger partial charge in [-0.25, -0.2) is 4.79 Å². The highest BCUT2D eigenvalue weighted by atomic mass is 32.2. The molecule has 29 heavy (non-hydrogen) atoms. The molecule has 1 aromatic heterocycles. The second-order valence-electron chi connectivity index (χ2n) is 6.31. The SMILES string of the molecule is COc1ccc(COC(=O)C2=CS[C@@H]3C(=C(CCO)c4cn[nH]n4)C(=O)N23)cc1. The largest absolute Gasteiger partial charge is 0.497 e. The molecule has 1 aromatic carbocycles. The third-order valence-corrected chi connectivity index (χ3v) is 5.71. The van der Waals surface area contributed by atoms with E-state index in [2.05, 4.69) is 15.4 Å². The van der Waals surface area contributed by atoms with Gasteiger partial charge in [-0.05, 0) is 29.7 Å². The van der Waals surface area contributed by atoms with E-state index in [0.717, 1.165) is 5.56 Å². The average molecular weight is 414 g/mol. The van der Waals surface area contributed by atoms with Crippen LogP contribution in [0.4, 0.5) is 0 Å². The number of nitrogens with zero attached hydrogens (tertiary/aromatic N) is 3. The first-order valence-electron chi connectivity index (χ1n) is 8.83. The summed E-state index contributed by atoms with van der Waals surface area (Å²) in [6.07, 6.45) is 1.78. The number of carbonyl (C=O) groups excluding carboxylic acids is 2. The van der Waals surface area contributed by atoms with Crippen molar-refractivity contribution in [2.24, 2.45) is 0 Å². The van der Waals surface area contributed by atoms with Crippen molar-refractivity contribution in [2.75, 3.05) is 13.7 Å². The topological polar surface area (TPSA) is 118 Å². The standard InChI is InChI=1S/C19H18N4O5S/c1-27-12-4-2-11(3-5-12)9-28-19(26)15-10-29-18-16(17(25)23(15)18)13(6-7-24)14-8-20-22-21-14/h2-5,8,10,18,24H,6-7,9H2,1H3,(H,20,21,22)/t18-/m1/s1. The fraction of sp³-hybridized carbons (Fsp3) is 0.263. The van der Waals surface area contributed by atoms with Gasteiger partial charge in [-0.2, -0.15) is 15.4 Å². The Balaban J connectivity index is 1.45. The fourth-order valence-corrected chi connectivity index (χ4v) is 4.36. The van der Waals surface area contributed by atoms with Crippen molar-refractivity contribution in [1.82, 2.24) is 20.3 Å². The number of esters is 1. The summed E-state index contributed by atoms with van der Waals surface area (Å²) in [7, 11) is 1.58. The highest BCUT2D eigenvalue weighted by Crippen LogP contribution is 2.47. The van der Waals surface area contributed by atoms with Crippen LogP contribution >= 0.6 is 11.8 Å². The zero-order valence-electron chi connectivity index (χ0n) is 15.5. The lowest BCUT2D eigenvalue weighted by atomic mass is 9.94. The lowest BCUT2D eigenvalue weighted by Gasteiger charge is -2.38. The maximum atomic E-state index is 12.8. The minimum absolute atomic E-state index is 0.0922. The Morgan fingerprint density at radius 1 is 1.34 bits per heavy atom. The van der Waals surface area contributed by atoms with Gasteiger partial charge in [0.25, 0.3) is 5.91 Å². The van der Waals surface area contributed by atoms with Crippen LogP contribution in [0.3, 0.4) is 0 Å². The van der Waals surface area contributed by atoms with E-state index in [9.17, 15) is 14.7 Å². The molecule has 1 saturated heterocycles. The average Bonchev–Trinajstić information content (AvgIpc) is 3.40. The zero-order chi connectivity index (χ0) is 20.4. The molecule has 1 atom stereocenters. The number of amides is 1. The van der Waals surface area contributed by atoms with Gasteiger partial charge in [-0.3, -0.25) is 9.69 Å². The molecule has 150 valence electrons. The maximum absolute atomic E-state index is 12.8. The van der Waals surface area contributed by atoms with Crippen molar-refractivity contribution in [3.8, 4) is 5.75 Å². The summed E-state index contributed by atoms with van der Waals surface area (Å²) >= 11 is 1.35. The number of aromatic amines is 1. The number of nitrogens with one attached hydrogen (secondary N) is 1. The van der Waals surface area contributed by atoms with E-state index in [1.165, 1.54) is 22.9 Å². The third kappa shape index (κ3) is 3.52. The van der Waals surface area contributed by atoms with Crippen LogP contribution in [0.2, 0.25) is 0 Å². The molecule has 0 bridgehead atoms. The Bertz CT molecular complexity index is 985. The normalized spacial score (nSPS) is 19.4. The van der Waals surface area contributed by atoms with Crippen molar-refractivity contribution in [2.45, 2.75) is 18.4 Å². The minimum Gasteiger partial charge on any atom is -0.497 e. The van der Waals surface area contributed by atoms with Gasteiger partial charge >= 0.3 is 5.97 Å². The van der Waals surface area contributed by atoms with Crippen LogP contribution in [0, 0.1) is 0 Å². The minimum atomic E-state index is -0.562. The number of fused-ring (bicyclic) bond motifs is 1. The molecule has 10 heteroatoms. The molecule has 4 rings (SSSR count). The molecule has 9 nitrogen and oxygen atoms in total. The van der Waals surface area contributed by atoms with Gasteiger partial charge in [0.2, 0.25) is 0 Å². The van der Waals surface area contributed by atoms with Crippen molar-refractivity contribution >= 4 is 29.2 Å². The molecule has 0 radical (unpaired) electrons.